The van der Waals surface area contributed by atoms with Crippen LogP contribution in [0.3, 0.4) is 0 Å². The van der Waals surface area contributed by atoms with Crippen molar-refractivity contribution in [3.8, 4) is 5.75 Å². The van der Waals surface area contributed by atoms with E-state index in [-0.39, 0.29) is 23.8 Å². The number of carbonyl (C=O) groups is 2. The van der Waals surface area contributed by atoms with Crippen molar-refractivity contribution >= 4 is 11.8 Å². The van der Waals surface area contributed by atoms with Gasteiger partial charge in [-0.05, 0) is 43.2 Å². The Bertz CT molecular complexity index is 569. The largest absolute Gasteiger partial charge is 0.491 e. The van der Waals surface area contributed by atoms with E-state index >= 15 is 0 Å². The van der Waals surface area contributed by atoms with E-state index in [9.17, 15) is 9.59 Å². The molecule has 130 valence electrons. The van der Waals surface area contributed by atoms with E-state index in [0.717, 1.165) is 44.3 Å². The first-order chi connectivity index (χ1) is 11.6. The van der Waals surface area contributed by atoms with E-state index in [1.807, 2.05) is 18.2 Å². The first-order valence-electron chi connectivity index (χ1n) is 8.91. The quantitative estimate of drug-likeness (QED) is 0.889. The third kappa shape index (κ3) is 4.08. The van der Waals surface area contributed by atoms with Gasteiger partial charge in [0.15, 0.2) is 0 Å². The zero-order chi connectivity index (χ0) is 16.9. The Balaban J connectivity index is 1.61. The highest BCUT2D eigenvalue weighted by molar-refractivity contribution is 5.87. The van der Waals surface area contributed by atoms with E-state index in [2.05, 4.69) is 16.7 Å². The number of benzene rings is 1. The zero-order valence-electron chi connectivity index (χ0n) is 14.2. The smallest absolute Gasteiger partial charge is 0.243 e. The molecule has 1 aliphatic carbocycles. The summed E-state index contributed by atoms with van der Waals surface area (Å²) in [5.41, 5.74) is 1.18. The molecule has 3 rings (SSSR count). The first-order valence-corrected chi connectivity index (χ1v) is 8.91. The van der Waals surface area contributed by atoms with Crippen LogP contribution in [0.15, 0.2) is 24.3 Å². The van der Waals surface area contributed by atoms with Crippen LogP contribution in [0.4, 0.5) is 0 Å². The lowest BCUT2D eigenvalue weighted by Crippen LogP contribution is -2.53. The Morgan fingerprint density at radius 1 is 1.17 bits per heavy atom. The topological polar surface area (TPSA) is 67.4 Å². The predicted octanol–water partition coefficient (Wildman–Crippen LogP) is 2.19. The summed E-state index contributed by atoms with van der Waals surface area (Å²) >= 11 is 0. The van der Waals surface area contributed by atoms with Crippen molar-refractivity contribution in [2.75, 3.05) is 6.61 Å². The van der Waals surface area contributed by atoms with Gasteiger partial charge in [-0.15, -0.1) is 0 Å². The summed E-state index contributed by atoms with van der Waals surface area (Å²) in [6, 6.07) is 7.56. The molecule has 2 unspecified atom stereocenters. The highest BCUT2D eigenvalue weighted by Gasteiger charge is 2.32. The maximum Gasteiger partial charge on any atom is 0.243 e. The molecule has 5 nitrogen and oxygen atoms in total. The molecular formula is C19H26N2O3. The van der Waals surface area contributed by atoms with Gasteiger partial charge in [-0.2, -0.15) is 0 Å². The fourth-order valence-electron chi connectivity index (χ4n) is 3.77. The molecule has 1 aromatic carbocycles. The van der Waals surface area contributed by atoms with Crippen LogP contribution in [0.2, 0.25) is 0 Å². The average molecular weight is 330 g/mol. The van der Waals surface area contributed by atoms with Gasteiger partial charge in [0.2, 0.25) is 11.8 Å². The highest BCUT2D eigenvalue weighted by Crippen LogP contribution is 2.28. The number of fused-ring (bicyclic) bond motifs is 1. The van der Waals surface area contributed by atoms with Crippen LogP contribution in [-0.2, 0) is 16.0 Å². The number of hydrogen-bond acceptors (Lipinski definition) is 3. The molecule has 24 heavy (non-hydrogen) atoms. The summed E-state index contributed by atoms with van der Waals surface area (Å²) in [5.74, 6) is 0.935. The maximum absolute atomic E-state index is 12.7. The lowest BCUT2D eigenvalue weighted by Gasteiger charge is -2.26. The molecule has 0 bridgehead atoms. The Labute approximate surface area is 143 Å². The number of nitrogens with one attached hydrogen (secondary N) is 2. The molecule has 1 saturated carbocycles. The zero-order valence-corrected chi connectivity index (χ0v) is 14.2. The minimum absolute atomic E-state index is 0.0254. The minimum Gasteiger partial charge on any atom is -0.491 e. The average Bonchev–Trinajstić information content (AvgIpc) is 3.02. The summed E-state index contributed by atoms with van der Waals surface area (Å²) < 4.78 is 5.85. The number of carbonyl (C=O) groups excluding carboxylic acids is 2. The van der Waals surface area contributed by atoms with E-state index in [1.165, 1.54) is 12.5 Å². The van der Waals surface area contributed by atoms with Crippen molar-refractivity contribution in [2.24, 2.45) is 5.92 Å². The van der Waals surface area contributed by atoms with Gasteiger partial charge in [-0.1, -0.05) is 31.0 Å². The van der Waals surface area contributed by atoms with Crippen LogP contribution < -0.4 is 15.4 Å². The number of amides is 2. The fourth-order valence-corrected chi connectivity index (χ4v) is 3.77. The normalized spacial score (nSPS) is 22.0. The van der Waals surface area contributed by atoms with Crippen molar-refractivity contribution in [3.05, 3.63) is 29.8 Å². The van der Waals surface area contributed by atoms with Gasteiger partial charge in [0.05, 0.1) is 6.04 Å². The molecule has 0 spiro atoms. The molecule has 0 radical (unpaired) electrons. The second kappa shape index (κ2) is 7.69. The highest BCUT2D eigenvalue weighted by atomic mass is 16.5. The molecule has 2 N–H and O–H groups in total. The van der Waals surface area contributed by atoms with Gasteiger partial charge >= 0.3 is 0 Å². The van der Waals surface area contributed by atoms with Gasteiger partial charge in [-0.25, -0.2) is 0 Å². The van der Waals surface area contributed by atoms with Gasteiger partial charge in [0.25, 0.3) is 0 Å². The molecular weight excluding hydrogens is 304 g/mol. The summed E-state index contributed by atoms with van der Waals surface area (Å²) in [4.78, 5) is 24.2. The third-order valence-corrected chi connectivity index (χ3v) is 5.03. The Morgan fingerprint density at radius 2 is 1.92 bits per heavy atom. The van der Waals surface area contributed by atoms with Crippen LogP contribution in [0.1, 0.15) is 44.6 Å². The first kappa shape index (κ1) is 16.8. The molecule has 2 amide bonds. The molecule has 0 aromatic heterocycles. The van der Waals surface area contributed by atoms with Crippen LogP contribution in [0, 0.1) is 5.92 Å². The second-order valence-electron chi connectivity index (χ2n) is 6.89. The summed E-state index contributed by atoms with van der Waals surface area (Å²) in [6.07, 6.45) is 6.01. The number of aryl methyl sites for hydroxylation is 1. The summed E-state index contributed by atoms with van der Waals surface area (Å²) in [6.45, 7) is 1.95. The monoisotopic (exact) mass is 330 g/mol. The fraction of sp³-hybridized carbons (Fsp3) is 0.579. The van der Waals surface area contributed by atoms with Crippen molar-refractivity contribution in [2.45, 2.75) is 57.5 Å². The molecule has 2 atom stereocenters. The van der Waals surface area contributed by atoms with Gasteiger partial charge in [0, 0.05) is 6.92 Å². The number of hydrogen-bond donors (Lipinski definition) is 2. The molecule has 0 saturated heterocycles. The second-order valence-corrected chi connectivity index (χ2v) is 6.89. The van der Waals surface area contributed by atoms with Crippen molar-refractivity contribution in [1.82, 2.24) is 10.6 Å². The standard InChI is InChI=1S/C19H26N2O3/c1-13(22)20-18(15-7-2-3-8-15)19(23)21-16-11-10-14-6-4-5-9-17(14)24-12-16/h4-6,9,15-16,18H,2-3,7-8,10-12H2,1H3,(H,20,22)(H,21,23). The van der Waals surface area contributed by atoms with E-state index < -0.39 is 6.04 Å². The van der Waals surface area contributed by atoms with E-state index in [4.69, 9.17) is 4.74 Å². The van der Waals surface area contributed by atoms with Crippen LogP contribution >= 0.6 is 0 Å². The van der Waals surface area contributed by atoms with Crippen LogP contribution in [-0.4, -0.2) is 30.5 Å². The number of para-hydroxylation sites is 1. The molecule has 1 heterocycles. The lowest BCUT2D eigenvalue weighted by molar-refractivity contribution is -0.130. The Kier molecular flexibility index (Phi) is 5.38. The predicted molar refractivity (Wildman–Crippen MR) is 91.8 cm³/mol. The number of rotatable bonds is 4. The summed E-state index contributed by atoms with van der Waals surface area (Å²) in [5, 5.41) is 5.95. The Morgan fingerprint density at radius 3 is 2.67 bits per heavy atom. The molecule has 5 heteroatoms. The summed E-state index contributed by atoms with van der Waals surface area (Å²) in [7, 11) is 0. The molecule has 1 aromatic rings. The van der Waals surface area contributed by atoms with Crippen molar-refractivity contribution < 1.29 is 14.3 Å². The molecule has 1 fully saturated rings. The number of ether oxygens (including phenoxy) is 1. The maximum atomic E-state index is 12.7. The SMILES string of the molecule is CC(=O)NC(C(=O)NC1CCc2ccccc2OC1)C1CCCC1. The van der Waals surface area contributed by atoms with Gasteiger partial charge in [0.1, 0.15) is 18.4 Å². The van der Waals surface area contributed by atoms with Gasteiger partial charge in [-0.3, -0.25) is 9.59 Å². The van der Waals surface area contributed by atoms with Crippen molar-refractivity contribution in [3.63, 3.8) is 0 Å². The van der Waals surface area contributed by atoms with E-state index in [0.29, 0.717) is 6.61 Å². The minimum atomic E-state index is -0.421. The van der Waals surface area contributed by atoms with E-state index in [1.54, 1.807) is 0 Å². The molecule has 1 aliphatic heterocycles. The third-order valence-electron chi connectivity index (χ3n) is 5.03. The lowest BCUT2D eigenvalue weighted by atomic mass is 9.96. The van der Waals surface area contributed by atoms with Crippen molar-refractivity contribution in [1.29, 1.82) is 0 Å². The van der Waals surface area contributed by atoms with Crippen LogP contribution in [0.25, 0.3) is 0 Å². The van der Waals surface area contributed by atoms with Crippen LogP contribution in [0.5, 0.6) is 5.75 Å². The molecule has 2 aliphatic rings. The van der Waals surface area contributed by atoms with Gasteiger partial charge < -0.3 is 15.4 Å². The Hall–Kier alpha value is -2.04.